The Morgan fingerprint density at radius 3 is 2.58 bits per heavy atom. The summed E-state index contributed by atoms with van der Waals surface area (Å²) in [5.74, 6) is -1.27. The molecule has 1 heterocycles. The number of benzene rings is 1. The van der Waals surface area contributed by atoms with E-state index in [9.17, 15) is 28.1 Å². The number of carbonyl (C=O) groups is 2. The molecule has 0 spiro atoms. The number of nitro benzene ring substituents is 1. The van der Waals surface area contributed by atoms with Crippen molar-refractivity contribution in [3.8, 4) is 0 Å². The van der Waals surface area contributed by atoms with Gasteiger partial charge in [0.15, 0.2) is 9.84 Å². The molecular weight excluding hydrogens is 338 g/mol. The Balaban J connectivity index is 1.88. The lowest BCUT2D eigenvalue weighted by molar-refractivity contribution is -0.385. The van der Waals surface area contributed by atoms with Gasteiger partial charge in [0.25, 0.3) is 11.6 Å². The van der Waals surface area contributed by atoms with Gasteiger partial charge in [0, 0.05) is 23.6 Å². The van der Waals surface area contributed by atoms with Crippen LogP contribution in [0.3, 0.4) is 0 Å². The van der Waals surface area contributed by atoms with Gasteiger partial charge in [-0.2, -0.15) is 0 Å². The molecule has 1 fully saturated rings. The predicted molar refractivity (Wildman–Crippen MR) is 84.8 cm³/mol. The fourth-order valence-corrected chi connectivity index (χ4v) is 4.41. The number of hydrazine groups is 1. The van der Waals surface area contributed by atoms with E-state index in [0.717, 1.165) is 0 Å². The Bertz CT molecular complexity index is 790. The molecule has 10 heteroatoms. The van der Waals surface area contributed by atoms with E-state index < -0.39 is 26.6 Å². The number of hydrogen-bond donors (Lipinski definition) is 2. The molecule has 1 aromatic rings. The zero-order chi connectivity index (χ0) is 17.9. The maximum absolute atomic E-state index is 11.9. The van der Waals surface area contributed by atoms with Gasteiger partial charge in [0.05, 0.1) is 16.4 Å². The molecule has 2 amide bonds. The first kappa shape index (κ1) is 17.9. The van der Waals surface area contributed by atoms with Gasteiger partial charge in [0.1, 0.15) is 0 Å². The van der Waals surface area contributed by atoms with E-state index in [1.807, 2.05) is 0 Å². The van der Waals surface area contributed by atoms with Crippen molar-refractivity contribution in [1.29, 1.82) is 0 Å². The molecular formula is C14H17N3O6S. The van der Waals surface area contributed by atoms with Crippen LogP contribution >= 0.6 is 0 Å². The molecule has 2 rings (SSSR count). The monoisotopic (exact) mass is 355 g/mol. The average Bonchev–Trinajstić information content (AvgIpc) is 2.83. The maximum Gasteiger partial charge on any atom is 0.272 e. The Morgan fingerprint density at radius 2 is 2.04 bits per heavy atom. The first-order valence-corrected chi connectivity index (χ1v) is 9.05. The van der Waals surface area contributed by atoms with Crippen molar-refractivity contribution in [2.75, 3.05) is 11.5 Å². The summed E-state index contributed by atoms with van der Waals surface area (Å²) < 4.78 is 22.7. The van der Waals surface area contributed by atoms with Gasteiger partial charge in [-0.15, -0.1) is 0 Å². The summed E-state index contributed by atoms with van der Waals surface area (Å²) in [5, 5.41) is 10.7. The molecule has 24 heavy (non-hydrogen) atoms. The third kappa shape index (κ3) is 4.51. The molecule has 1 aliphatic rings. The number of carbonyl (C=O) groups excluding carboxylic acids is 2. The number of sulfone groups is 1. The highest BCUT2D eigenvalue weighted by molar-refractivity contribution is 7.91. The highest BCUT2D eigenvalue weighted by Gasteiger charge is 2.29. The van der Waals surface area contributed by atoms with Crippen molar-refractivity contribution in [1.82, 2.24) is 10.9 Å². The van der Waals surface area contributed by atoms with Crippen LogP contribution < -0.4 is 10.9 Å². The number of nitrogens with one attached hydrogen (secondary N) is 2. The summed E-state index contributed by atoms with van der Waals surface area (Å²) >= 11 is 0. The van der Waals surface area contributed by atoms with Gasteiger partial charge in [-0.3, -0.25) is 30.6 Å². The normalized spacial score (nSPS) is 18.8. The summed E-state index contributed by atoms with van der Waals surface area (Å²) in [5.41, 5.74) is 4.83. The Morgan fingerprint density at radius 1 is 1.33 bits per heavy atom. The van der Waals surface area contributed by atoms with E-state index >= 15 is 0 Å². The Hall–Kier alpha value is -2.49. The summed E-state index contributed by atoms with van der Waals surface area (Å²) in [6, 6.07) is 3.86. The van der Waals surface area contributed by atoms with E-state index in [1.54, 1.807) is 0 Å². The number of hydrogen-bond acceptors (Lipinski definition) is 6. The summed E-state index contributed by atoms with van der Waals surface area (Å²) in [6.45, 7) is 1.51. The first-order valence-electron chi connectivity index (χ1n) is 7.22. The molecule has 130 valence electrons. The zero-order valence-corrected chi connectivity index (χ0v) is 13.8. The lowest BCUT2D eigenvalue weighted by Crippen LogP contribution is -2.42. The van der Waals surface area contributed by atoms with Gasteiger partial charge in [-0.1, -0.05) is 0 Å². The topological polar surface area (TPSA) is 135 Å². The minimum Gasteiger partial charge on any atom is -0.273 e. The number of rotatable bonds is 4. The fraction of sp³-hybridized carbons (Fsp3) is 0.429. The Kier molecular flexibility index (Phi) is 5.17. The quantitative estimate of drug-likeness (QED) is 0.596. The molecule has 2 N–H and O–H groups in total. The van der Waals surface area contributed by atoms with Crippen molar-refractivity contribution in [2.45, 2.75) is 19.8 Å². The second kappa shape index (κ2) is 6.95. The lowest BCUT2D eigenvalue weighted by Gasteiger charge is -2.10. The van der Waals surface area contributed by atoms with Gasteiger partial charge in [0.2, 0.25) is 5.91 Å². The van der Waals surface area contributed by atoms with Crippen molar-refractivity contribution < 1.29 is 22.9 Å². The second-order valence-electron chi connectivity index (χ2n) is 5.73. The number of aryl methyl sites for hydroxylation is 1. The summed E-state index contributed by atoms with van der Waals surface area (Å²) in [6.07, 6.45) is 0.448. The molecule has 9 nitrogen and oxygen atoms in total. The van der Waals surface area contributed by atoms with Gasteiger partial charge >= 0.3 is 0 Å². The van der Waals surface area contributed by atoms with Crippen LogP contribution in [0.15, 0.2) is 18.2 Å². The average molecular weight is 355 g/mol. The molecule has 1 aliphatic heterocycles. The van der Waals surface area contributed by atoms with E-state index in [2.05, 4.69) is 10.9 Å². The Labute approximate surface area is 138 Å². The molecule has 0 radical (unpaired) electrons. The van der Waals surface area contributed by atoms with E-state index in [0.29, 0.717) is 12.0 Å². The number of nitrogens with zero attached hydrogens (tertiary/aromatic N) is 1. The fourth-order valence-electron chi connectivity index (χ4n) is 2.55. The van der Waals surface area contributed by atoms with Gasteiger partial charge in [-0.05, 0) is 31.4 Å². The molecule has 1 saturated heterocycles. The van der Waals surface area contributed by atoms with Crippen LogP contribution in [0, 0.1) is 23.0 Å². The predicted octanol–water partition coefficient (Wildman–Crippen LogP) is 0.489. The molecule has 0 aromatic heterocycles. The van der Waals surface area contributed by atoms with Crippen molar-refractivity contribution in [3.63, 3.8) is 0 Å². The van der Waals surface area contributed by atoms with Crippen molar-refractivity contribution >= 4 is 27.3 Å². The first-order chi connectivity index (χ1) is 11.2. The highest BCUT2D eigenvalue weighted by Crippen LogP contribution is 2.21. The minimum absolute atomic E-state index is 0.0127. The minimum atomic E-state index is -3.05. The number of amides is 2. The third-order valence-corrected chi connectivity index (χ3v) is 5.61. The number of nitro groups is 1. The van der Waals surface area contributed by atoms with Crippen LogP contribution in [0.1, 0.15) is 28.8 Å². The largest absolute Gasteiger partial charge is 0.273 e. The second-order valence-corrected chi connectivity index (χ2v) is 7.96. The third-order valence-electron chi connectivity index (χ3n) is 3.77. The van der Waals surface area contributed by atoms with Crippen LogP contribution in [-0.4, -0.2) is 36.7 Å². The SMILES string of the molecule is Cc1cc(C(=O)NNC(=O)C[C@H]2CCS(=O)(=O)C2)ccc1[N+](=O)[O-]. The summed E-state index contributed by atoms with van der Waals surface area (Å²) in [4.78, 5) is 33.9. The molecule has 0 saturated carbocycles. The zero-order valence-electron chi connectivity index (χ0n) is 12.9. The van der Waals surface area contributed by atoms with Crippen molar-refractivity contribution in [2.24, 2.45) is 5.92 Å². The van der Waals surface area contributed by atoms with Crippen LogP contribution in [0.25, 0.3) is 0 Å². The van der Waals surface area contributed by atoms with E-state index in [4.69, 9.17) is 0 Å². The molecule has 0 bridgehead atoms. The summed E-state index contributed by atoms with van der Waals surface area (Å²) in [7, 11) is -3.05. The van der Waals surface area contributed by atoms with Gasteiger partial charge < -0.3 is 0 Å². The molecule has 0 unspecified atom stereocenters. The standard InChI is InChI=1S/C14H17N3O6S/c1-9-6-11(2-3-12(9)17(20)21)14(19)16-15-13(18)7-10-4-5-24(22,23)8-10/h2-3,6,10H,4-5,7-8H2,1H3,(H,15,18)(H,16,19)/t10-/m1/s1. The van der Waals surface area contributed by atoms with Crippen LogP contribution in [-0.2, 0) is 14.6 Å². The van der Waals surface area contributed by atoms with E-state index in [-0.39, 0.29) is 35.1 Å². The van der Waals surface area contributed by atoms with Crippen molar-refractivity contribution in [3.05, 3.63) is 39.4 Å². The maximum atomic E-state index is 11.9. The van der Waals surface area contributed by atoms with Gasteiger partial charge in [-0.25, -0.2) is 8.42 Å². The lowest BCUT2D eigenvalue weighted by atomic mass is 10.1. The smallest absolute Gasteiger partial charge is 0.272 e. The molecule has 0 aliphatic carbocycles. The van der Waals surface area contributed by atoms with Crippen LogP contribution in [0.4, 0.5) is 5.69 Å². The molecule has 1 aromatic carbocycles. The highest BCUT2D eigenvalue weighted by atomic mass is 32.2. The molecule has 1 atom stereocenters. The van der Waals surface area contributed by atoms with Crippen LogP contribution in [0.5, 0.6) is 0 Å². The van der Waals surface area contributed by atoms with E-state index in [1.165, 1.54) is 25.1 Å². The van der Waals surface area contributed by atoms with Crippen LogP contribution in [0.2, 0.25) is 0 Å².